The van der Waals surface area contributed by atoms with E-state index in [0.29, 0.717) is 25.8 Å². The Morgan fingerprint density at radius 2 is 1.62 bits per heavy atom. The van der Waals surface area contributed by atoms with Crippen molar-refractivity contribution in [1.82, 2.24) is 10.6 Å². The molecule has 4 nitrogen and oxygen atoms in total. The van der Waals surface area contributed by atoms with Crippen LogP contribution >= 0.6 is 24.0 Å². The largest absolute Gasteiger partial charge is 0.372 e. The van der Waals surface area contributed by atoms with Crippen LogP contribution in [0.25, 0.3) is 0 Å². The van der Waals surface area contributed by atoms with Gasteiger partial charge in [0.1, 0.15) is 0 Å². The maximum absolute atomic E-state index is 5.89. The molecule has 0 amide bonds. The van der Waals surface area contributed by atoms with E-state index in [0.717, 1.165) is 12.5 Å². The van der Waals surface area contributed by atoms with E-state index in [4.69, 9.17) is 4.74 Å². The van der Waals surface area contributed by atoms with Gasteiger partial charge in [-0.2, -0.15) is 0 Å². The SMILES string of the molecule is CCNC(=NCc1ccccc1COCc1ccccc1)NC(C)C.I. The maximum Gasteiger partial charge on any atom is 0.191 e. The van der Waals surface area contributed by atoms with Gasteiger partial charge in [-0.1, -0.05) is 54.6 Å². The second kappa shape index (κ2) is 12.7. The van der Waals surface area contributed by atoms with Crippen LogP contribution in [0.1, 0.15) is 37.5 Å². The van der Waals surface area contributed by atoms with Gasteiger partial charge in [0.25, 0.3) is 0 Å². The highest BCUT2D eigenvalue weighted by Gasteiger charge is 2.04. The third kappa shape index (κ3) is 8.19. The number of hydrogen-bond donors (Lipinski definition) is 2. The Morgan fingerprint density at radius 1 is 0.962 bits per heavy atom. The lowest BCUT2D eigenvalue weighted by atomic mass is 10.1. The van der Waals surface area contributed by atoms with Crippen molar-refractivity contribution in [3.8, 4) is 0 Å². The van der Waals surface area contributed by atoms with Crippen LogP contribution < -0.4 is 10.6 Å². The summed E-state index contributed by atoms with van der Waals surface area (Å²) in [6.07, 6.45) is 0. The van der Waals surface area contributed by atoms with E-state index in [2.05, 4.69) is 60.7 Å². The number of halogens is 1. The summed E-state index contributed by atoms with van der Waals surface area (Å²) < 4.78 is 5.89. The Hall–Kier alpha value is -1.60. The van der Waals surface area contributed by atoms with Gasteiger partial charge in [-0.05, 0) is 37.5 Å². The van der Waals surface area contributed by atoms with Gasteiger partial charge in [0.15, 0.2) is 5.96 Å². The molecular formula is C21H30IN3O. The Kier molecular flexibility index (Phi) is 11.0. The quantitative estimate of drug-likeness (QED) is 0.342. The maximum atomic E-state index is 5.89. The smallest absolute Gasteiger partial charge is 0.191 e. The summed E-state index contributed by atoms with van der Waals surface area (Å²) in [5.74, 6) is 0.845. The summed E-state index contributed by atoms with van der Waals surface area (Å²) in [6.45, 7) is 8.98. The minimum Gasteiger partial charge on any atom is -0.372 e. The molecule has 0 radical (unpaired) electrons. The van der Waals surface area contributed by atoms with Gasteiger partial charge in [0.05, 0.1) is 19.8 Å². The fourth-order valence-electron chi connectivity index (χ4n) is 2.46. The Bertz CT molecular complexity index is 659. The van der Waals surface area contributed by atoms with Gasteiger partial charge in [0, 0.05) is 12.6 Å². The van der Waals surface area contributed by atoms with E-state index in [1.165, 1.54) is 16.7 Å². The molecule has 142 valence electrons. The zero-order valence-corrected chi connectivity index (χ0v) is 18.2. The molecule has 2 aromatic carbocycles. The summed E-state index contributed by atoms with van der Waals surface area (Å²) in [4.78, 5) is 4.69. The zero-order chi connectivity index (χ0) is 17.9. The van der Waals surface area contributed by atoms with Gasteiger partial charge in [-0.15, -0.1) is 24.0 Å². The van der Waals surface area contributed by atoms with Crippen LogP contribution in [0, 0.1) is 0 Å². The van der Waals surface area contributed by atoms with Crippen molar-refractivity contribution in [3.63, 3.8) is 0 Å². The molecule has 2 rings (SSSR count). The summed E-state index contributed by atoms with van der Waals surface area (Å²) in [5.41, 5.74) is 3.56. The number of ether oxygens (including phenoxy) is 1. The average molecular weight is 467 g/mol. The van der Waals surface area contributed by atoms with Gasteiger partial charge in [0.2, 0.25) is 0 Å². The van der Waals surface area contributed by atoms with Gasteiger partial charge >= 0.3 is 0 Å². The lowest BCUT2D eigenvalue weighted by Gasteiger charge is -2.14. The molecule has 0 aromatic heterocycles. The minimum absolute atomic E-state index is 0. The molecule has 0 saturated carbocycles. The number of aliphatic imine (C=N–C) groups is 1. The highest BCUT2D eigenvalue weighted by molar-refractivity contribution is 14.0. The number of nitrogens with zero attached hydrogens (tertiary/aromatic N) is 1. The molecule has 26 heavy (non-hydrogen) atoms. The molecule has 0 heterocycles. The average Bonchev–Trinajstić information content (AvgIpc) is 2.61. The predicted octanol–water partition coefficient (Wildman–Crippen LogP) is 4.48. The topological polar surface area (TPSA) is 45.7 Å². The first kappa shape index (κ1) is 22.4. The molecule has 0 unspecified atom stereocenters. The molecule has 0 aliphatic rings. The van der Waals surface area contributed by atoms with Crippen molar-refractivity contribution >= 4 is 29.9 Å². The Balaban J connectivity index is 0.00000338. The van der Waals surface area contributed by atoms with Crippen LogP contribution in [0.2, 0.25) is 0 Å². The molecule has 0 saturated heterocycles. The van der Waals surface area contributed by atoms with Crippen molar-refractivity contribution < 1.29 is 4.74 Å². The van der Waals surface area contributed by atoms with Crippen molar-refractivity contribution in [2.75, 3.05) is 6.54 Å². The highest BCUT2D eigenvalue weighted by Crippen LogP contribution is 2.13. The van der Waals surface area contributed by atoms with Crippen LogP contribution in [0.4, 0.5) is 0 Å². The molecule has 0 aliphatic carbocycles. The van der Waals surface area contributed by atoms with Crippen LogP contribution in [0.5, 0.6) is 0 Å². The predicted molar refractivity (Wildman–Crippen MR) is 120 cm³/mol. The first-order chi connectivity index (χ1) is 12.2. The van der Waals surface area contributed by atoms with E-state index in [9.17, 15) is 0 Å². The lowest BCUT2D eigenvalue weighted by molar-refractivity contribution is 0.106. The van der Waals surface area contributed by atoms with Gasteiger partial charge in [-0.25, -0.2) is 4.99 Å². The fraction of sp³-hybridized carbons (Fsp3) is 0.381. The van der Waals surface area contributed by atoms with Crippen LogP contribution in [0.15, 0.2) is 59.6 Å². The lowest BCUT2D eigenvalue weighted by Crippen LogP contribution is -2.41. The normalized spacial score (nSPS) is 11.2. The molecular weight excluding hydrogens is 437 g/mol. The van der Waals surface area contributed by atoms with Crippen molar-refractivity contribution in [2.45, 2.75) is 46.6 Å². The van der Waals surface area contributed by atoms with Gasteiger partial charge in [-0.3, -0.25) is 0 Å². The molecule has 5 heteroatoms. The number of guanidine groups is 1. The van der Waals surface area contributed by atoms with Crippen LogP contribution in [-0.2, 0) is 24.5 Å². The monoisotopic (exact) mass is 467 g/mol. The first-order valence-corrected chi connectivity index (χ1v) is 8.92. The molecule has 2 aromatic rings. The fourth-order valence-corrected chi connectivity index (χ4v) is 2.46. The third-order valence-electron chi connectivity index (χ3n) is 3.66. The third-order valence-corrected chi connectivity index (χ3v) is 3.66. The van der Waals surface area contributed by atoms with E-state index in [1.54, 1.807) is 0 Å². The molecule has 0 fully saturated rings. The summed E-state index contributed by atoms with van der Waals surface area (Å²) in [7, 11) is 0. The van der Waals surface area contributed by atoms with Crippen molar-refractivity contribution in [2.24, 2.45) is 4.99 Å². The summed E-state index contributed by atoms with van der Waals surface area (Å²) >= 11 is 0. The van der Waals surface area contributed by atoms with Crippen LogP contribution in [0.3, 0.4) is 0 Å². The van der Waals surface area contributed by atoms with E-state index < -0.39 is 0 Å². The number of rotatable bonds is 8. The van der Waals surface area contributed by atoms with Crippen molar-refractivity contribution in [1.29, 1.82) is 0 Å². The molecule has 0 spiro atoms. The van der Waals surface area contributed by atoms with Gasteiger partial charge < -0.3 is 15.4 Å². The highest BCUT2D eigenvalue weighted by atomic mass is 127. The summed E-state index contributed by atoms with van der Waals surface area (Å²) in [6, 6.07) is 18.9. The Morgan fingerprint density at radius 3 is 2.27 bits per heavy atom. The Labute approximate surface area is 174 Å². The second-order valence-electron chi connectivity index (χ2n) is 6.24. The minimum atomic E-state index is 0. The first-order valence-electron chi connectivity index (χ1n) is 8.92. The van der Waals surface area contributed by atoms with Crippen LogP contribution in [-0.4, -0.2) is 18.5 Å². The molecule has 0 atom stereocenters. The van der Waals surface area contributed by atoms with E-state index >= 15 is 0 Å². The molecule has 0 bridgehead atoms. The number of nitrogens with one attached hydrogen (secondary N) is 2. The number of hydrogen-bond acceptors (Lipinski definition) is 2. The zero-order valence-electron chi connectivity index (χ0n) is 15.9. The van der Waals surface area contributed by atoms with Crippen molar-refractivity contribution in [3.05, 3.63) is 71.3 Å². The summed E-state index contributed by atoms with van der Waals surface area (Å²) in [5, 5.41) is 6.62. The van der Waals surface area contributed by atoms with E-state index in [1.807, 2.05) is 30.3 Å². The number of benzene rings is 2. The van der Waals surface area contributed by atoms with E-state index in [-0.39, 0.29) is 24.0 Å². The molecule has 2 N–H and O–H groups in total. The molecule has 0 aliphatic heterocycles. The second-order valence-corrected chi connectivity index (χ2v) is 6.24. The standard InChI is InChI=1S/C21H29N3O.HI/c1-4-22-21(24-17(2)3)23-14-19-12-8-9-13-20(19)16-25-15-18-10-6-5-7-11-18;/h5-13,17H,4,14-16H2,1-3H3,(H2,22,23,24);1H.